The van der Waals surface area contributed by atoms with Crippen LogP contribution in [0.2, 0.25) is 0 Å². The van der Waals surface area contributed by atoms with Crippen molar-refractivity contribution < 1.29 is 13.5 Å². The van der Waals surface area contributed by atoms with E-state index in [1.54, 1.807) is 6.92 Å². The van der Waals surface area contributed by atoms with Crippen LogP contribution in [0.25, 0.3) is 0 Å². The summed E-state index contributed by atoms with van der Waals surface area (Å²) in [5, 5.41) is 9.29. The molecule has 5 heteroatoms. The number of hydrogen-bond acceptors (Lipinski definition) is 3. The van der Waals surface area contributed by atoms with Gasteiger partial charge < -0.3 is 5.11 Å². The highest BCUT2D eigenvalue weighted by atomic mass is 32.2. The van der Waals surface area contributed by atoms with E-state index >= 15 is 0 Å². The molecular weight excluding hydrogens is 214 g/mol. The van der Waals surface area contributed by atoms with E-state index in [-0.39, 0.29) is 24.3 Å². The number of fused-ring (bicyclic) bond motifs is 2. The third-order valence-electron chi connectivity index (χ3n) is 3.99. The van der Waals surface area contributed by atoms with Crippen molar-refractivity contribution in [3.63, 3.8) is 0 Å². The fourth-order valence-corrected chi connectivity index (χ4v) is 4.10. The van der Waals surface area contributed by atoms with Crippen molar-refractivity contribution in [2.75, 3.05) is 12.4 Å². The van der Waals surface area contributed by atoms with Gasteiger partial charge in [0.15, 0.2) is 0 Å². The number of aliphatic hydroxyl groups is 1. The molecular formula is C10H19NO3S. The maximum Gasteiger partial charge on any atom is 0.211 e. The molecule has 0 aromatic heterocycles. The molecule has 0 saturated heterocycles. The summed E-state index contributed by atoms with van der Waals surface area (Å²) in [4.78, 5) is 0. The molecule has 2 N–H and O–H groups in total. The molecule has 88 valence electrons. The standard InChI is InChI=1S/C10H19NO3S/c1-2-15(13,14)11-10-8-4-3-7(5-8)9(10)6-12/h7-12H,2-6H2,1H3. The lowest BCUT2D eigenvalue weighted by Gasteiger charge is -2.29. The molecule has 0 spiro atoms. The Labute approximate surface area is 91.1 Å². The van der Waals surface area contributed by atoms with Gasteiger partial charge in [0.05, 0.1) is 5.75 Å². The summed E-state index contributed by atoms with van der Waals surface area (Å²) in [6.07, 6.45) is 3.35. The zero-order valence-corrected chi connectivity index (χ0v) is 9.83. The molecule has 4 unspecified atom stereocenters. The second-order valence-electron chi connectivity index (χ2n) is 4.73. The molecule has 0 aromatic carbocycles. The molecule has 0 radical (unpaired) electrons. The summed E-state index contributed by atoms with van der Waals surface area (Å²) in [5.41, 5.74) is 0. The minimum atomic E-state index is -3.13. The number of sulfonamides is 1. The fraction of sp³-hybridized carbons (Fsp3) is 1.00. The molecule has 2 fully saturated rings. The van der Waals surface area contributed by atoms with Crippen LogP contribution in [0.5, 0.6) is 0 Å². The van der Waals surface area contributed by atoms with Crippen LogP contribution in [0.1, 0.15) is 26.2 Å². The first-order valence-electron chi connectivity index (χ1n) is 5.68. The van der Waals surface area contributed by atoms with Crippen LogP contribution in [-0.4, -0.2) is 31.9 Å². The Balaban J connectivity index is 2.09. The lowest BCUT2D eigenvalue weighted by atomic mass is 9.86. The highest BCUT2D eigenvalue weighted by Gasteiger charge is 2.48. The van der Waals surface area contributed by atoms with Gasteiger partial charge in [0, 0.05) is 18.6 Å². The average molecular weight is 233 g/mol. The van der Waals surface area contributed by atoms with E-state index in [1.165, 1.54) is 0 Å². The normalized spacial score (nSPS) is 39.9. The maximum atomic E-state index is 11.5. The van der Waals surface area contributed by atoms with E-state index in [2.05, 4.69) is 4.72 Å². The molecule has 2 saturated carbocycles. The number of hydrogen-bond donors (Lipinski definition) is 2. The Morgan fingerprint density at radius 2 is 2.00 bits per heavy atom. The third kappa shape index (κ3) is 2.05. The largest absolute Gasteiger partial charge is 0.396 e. The summed E-state index contributed by atoms with van der Waals surface area (Å²) >= 11 is 0. The Hall–Kier alpha value is -0.130. The summed E-state index contributed by atoms with van der Waals surface area (Å²) in [5.74, 6) is 1.25. The van der Waals surface area contributed by atoms with E-state index < -0.39 is 10.0 Å². The summed E-state index contributed by atoms with van der Waals surface area (Å²) in [7, 11) is -3.13. The first kappa shape index (κ1) is 11.4. The third-order valence-corrected chi connectivity index (χ3v) is 5.39. The Morgan fingerprint density at radius 1 is 1.33 bits per heavy atom. The summed E-state index contributed by atoms with van der Waals surface area (Å²) in [6.45, 7) is 1.75. The van der Waals surface area contributed by atoms with Gasteiger partial charge >= 0.3 is 0 Å². The lowest BCUT2D eigenvalue weighted by Crippen LogP contribution is -2.45. The molecule has 0 aromatic rings. The zero-order chi connectivity index (χ0) is 11.1. The van der Waals surface area contributed by atoms with Crippen molar-refractivity contribution in [1.29, 1.82) is 0 Å². The molecule has 0 amide bonds. The SMILES string of the molecule is CCS(=O)(=O)NC1C2CCC(C2)C1CO. The average Bonchev–Trinajstić information content (AvgIpc) is 2.77. The molecule has 2 bridgehead atoms. The van der Waals surface area contributed by atoms with Crippen LogP contribution < -0.4 is 4.72 Å². The first-order valence-corrected chi connectivity index (χ1v) is 7.33. The van der Waals surface area contributed by atoms with Gasteiger partial charge in [-0.3, -0.25) is 0 Å². The zero-order valence-electron chi connectivity index (χ0n) is 9.02. The maximum absolute atomic E-state index is 11.5. The van der Waals surface area contributed by atoms with Crippen molar-refractivity contribution in [3.8, 4) is 0 Å². The quantitative estimate of drug-likeness (QED) is 0.735. The van der Waals surface area contributed by atoms with Gasteiger partial charge in [-0.05, 0) is 38.0 Å². The van der Waals surface area contributed by atoms with Crippen LogP contribution in [0.4, 0.5) is 0 Å². The molecule has 4 nitrogen and oxygen atoms in total. The predicted octanol–water partition coefficient (Wildman–Crippen LogP) is 0.333. The minimum Gasteiger partial charge on any atom is -0.396 e. The van der Waals surface area contributed by atoms with Crippen LogP contribution in [-0.2, 0) is 10.0 Å². The van der Waals surface area contributed by atoms with E-state index in [0.717, 1.165) is 19.3 Å². The van der Waals surface area contributed by atoms with Gasteiger partial charge in [-0.25, -0.2) is 13.1 Å². The van der Waals surface area contributed by atoms with Gasteiger partial charge in [0.25, 0.3) is 0 Å². The monoisotopic (exact) mass is 233 g/mol. The van der Waals surface area contributed by atoms with Crippen molar-refractivity contribution >= 4 is 10.0 Å². The van der Waals surface area contributed by atoms with E-state index in [1.807, 2.05) is 0 Å². The van der Waals surface area contributed by atoms with Gasteiger partial charge in [0.1, 0.15) is 0 Å². The van der Waals surface area contributed by atoms with Gasteiger partial charge in [-0.1, -0.05) is 0 Å². The molecule has 2 rings (SSSR count). The lowest BCUT2D eigenvalue weighted by molar-refractivity contribution is 0.153. The van der Waals surface area contributed by atoms with Crippen molar-refractivity contribution in [3.05, 3.63) is 0 Å². The molecule has 2 aliphatic rings. The molecule has 0 aliphatic heterocycles. The van der Waals surface area contributed by atoms with E-state index in [4.69, 9.17) is 0 Å². The Bertz CT molecular complexity index is 328. The molecule has 2 aliphatic carbocycles. The second-order valence-corrected chi connectivity index (χ2v) is 6.77. The van der Waals surface area contributed by atoms with E-state index in [0.29, 0.717) is 11.8 Å². The number of nitrogens with one attached hydrogen (secondary N) is 1. The summed E-state index contributed by atoms with van der Waals surface area (Å²) < 4.78 is 25.8. The van der Waals surface area contributed by atoms with Crippen LogP contribution in [0.3, 0.4) is 0 Å². The fourth-order valence-electron chi connectivity index (χ4n) is 3.15. The molecule has 0 heterocycles. The van der Waals surface area contributed by atoms with Gasteiger partial charge in [-0.15, -0.1) is 0 Å². The second kappa shape index (κ2) is 4.03. The number of aliphatic hydroxyl groups excluding tert-OH is 1. The van der Waals surface area contributed by atoms with Crippen molar-refractivity contribution in [2.24, 2.45) is 17.8 Å². The first-order chi connectivity index (χ1) is 7.07. The van der Waals surface area contributed by atoms with Gasteiger partial charge in [-0.2, -0.15) is 0 Å². The molecule has 4 atom stereocenters. The van der Waals surface area contributed by atoms with E-state index in [9.17, 15) is 13.5 Å². The topological polar surface area (TPSA) is 66.4 Å². The van der Waals surface area contributed by atoms with Crippen LogP contribution in [0, 0.1) is 17.8 Å². The molecule has 15 heavy (non-hydrogen) atoms. The highest BCUT2D eigenvalue weighted by molar-refractivity contribution is 7.89. The smallest absolute Gasteiger partial charge is 0.211 e. The predicted molar refractivity (Wildman–Crippen MR) is 57.8 cm³/mol. The Morgan fingerprint density at radius 3 is 2.60 bits per heavy atom. The van der Waals surface area contributed by atoms with Crippen molar-refractivity contribution in [2.45, 2.75) is 32.2 Å². The number of rotatable bonds is 4. The Kier molecular flexibility index (Phi) is 3.05. The van der Waals surface area contributed by atoms with Gasteiger partial charge in [0.2, 0.25) is 10.0 Å². The van der Waals surface area contributed by atoms with Crippen LogP contribution >= 0.6 is 0 Å². The highest BCUT2D eigenvalue weighted by Crippen LogP contribution is 2.48. The van der Waals surface area contributed by atoms with Crippen LogP contribution in [0.15, 0.2) is 0 Å². The minimum absolute atomic E-state index is 0.0151. The van der Waals surface area contributed by atoms with Crippen molar-refractivity contribution in [1.82, 2.24) is 4.72 Å². The summed E-state index contributed by atoms with van der Waals surface area (Å²) in [6, 6.07) is -0.0151.